The van der Waals surface area contributed by atoms with Crippen molar-refractivity contribution in [2.75, 3.05) is 5.32 Å². The van der Waals surface area contributed by atoms with E-state index in [9.17, 15) is 0 Å². The minimum atomic E-state index is 0.493. The molecule has 2 aromatic heterocycles. The molecule has 0 saturated heterocycles. The Morgan fingerprint density at radius 1 is 0.931 bits per heavy atom. The third-order valence-corrected chi connectivity index (χ3v) is 4.41. The molecule has 0 aliphatic carbocycles. The first-order chi connectivity index (χ1) is 14.1. The summed E-state index contributed by atoms with van der Waals surface area (Å²) in [4.78, 5) is 4.55. The number of aryl methyl sites for hydroxylation is 2. The van der Waals surface area contributed by atoms with E-state index in [1.54, 1.807) is 47.1 Å². The number of rotatable bonds is 4. The molecule has 0 spiro atoms. The van der Waals surface area contributed by atoms with E-state index in [0.717, 1.165) is 16.8 Å². The van der Waals surface area contributed by atoms with E-state index in [0.29, 0.717) is 34.2 Å². The van der Waals surface area contributed by atoms with Gasteiger partial charge in [0.25, 0.3) is 0 Å². The lowest BCUT2D eigenvalue weighted by molar-refractivity contribution is 0.440. The Morgan fingerprint density at radius 2 is 1.62 bits per heavy atom. The Labute approximate surface area is 167 Å². The first-order valence-electron chi connectivity index (χ1n) is 8.88. The van der Waals surface area contributed by atoms with E-state index in [-0.39, 0.29) is 0 Å². The van der Waals surface area contributed by atoms with Gasteiger partial charge in [-0.25, -0.2) is 4.98 Å². The second-order valence-electron chi connectivity index (χ2n) is 6.55. The highest BCUT2D eigenvalue weighted by Crippen LogP contribution is 2.31. The van der Waals surface area contributed by atoms with Crippen LogP contribution in [0.3, 0.4) is 0 Å². The lowest BCUT2D eigenvalue weighted by Crippen LogP contribution is -2.03. The number of hydrogen-bond acceptors (Lipinski definition) is 6. The molecule has 0 fully saturated rings. The van der Waals surface area contributed by atoms with Gasteiger partial charge in [0, 0.05) is 17.8 Å². The summed E-state index contributed by atoms with van der Waals surface area (Å²) in [5.41, 5.74) is 4.33. The van der Waals surface area contributed by atoms with Crippen molar-refractivity contribution in [3.05, 3.63) is 77.0 Å². The smallest absolute Gasteiger partial charge is 0.226 e. The normalized spacial score (nSPS) is 10.3. The van der Waals surface area contributed by atoms with Gasteiger partial charge in [0.1, 0.15) is 11.6 Å². The molecule has 7 heteroatoms. The van der Waals surface area contributed by atoms with Crippen LogP contribution < -0.4 is 10.1 Å². The number of nitrogens with zero attached hydrogens (tertiary/aromatic N) is 5. The third kappa shape index (κ3) is 3.58. The molecule has 0 unspecified atom stereocenters. The average molecular weight is 380 g/mol. The van der Waals surface area contributed by atoms with E-state index in [2.05, 4.69) is 27.5 Å². The second kappa shape index (κ2) is 7.34. The van der Waals surface area contributed by atoms with Gasteiger partial charge in [-0.15, -0.1) is 0 Å². The summed E-state index contributed by atoms with van der Waals surface area (Å²) >= 11 is 0. The van der Waals surface area contributed by atoms with Gasteiger partial charge in [-0.2, -0.15) is 20.1 Å². The molecule has 0 bridgehead atoms. The Balaban J connectivity index is 1.72. The van der Waals surface area contributed by atoms with E-state index in [1.165, 1.54) is 0 Å². The maximum atomic E-state index is 9.15. The number of ether oxygens (including phenoxy) is 1. The van der Waals surface area contributed by atoms with Crippen LogP contribution in [0.2, 0.25) is 0 Å². The molecule has 0 aliphatic rings. The highest BCUT2D eigenvalue weighted by molar-refractivity contribution is 5.61. The number of nitriles is 2. The minimum Gasteiger partial charge on any atom is -0.438 e. The zero-order valence-electron chi connectivity index (χ0n) is 15.8. The number of hydrogen-bond donors (Lipinski definition) is 1. The number of benzene rings is 2. The minimum absolute atomic E-state index is 0.493. The van der Waals surface area contributed by atoms with Crippen molar-refractivity contribution in [3.8, 4) is 23.8 Å². The third-order valence-electron chi connectivity index (χ3n) is 4.41. The standard InChI is InChI=1S/C22H16N6O/c1-14-9-17(13-24)10-15(2)22(14)29-21-11-19(27-20-7-8-25-28(20)21)26-18-5-3-16(12-23)4-6-18/h3-11H,1-2H3,(H,26,27). The largest absolute Gasteiger partial charge is 0.438 e. The predicted octanol–water partition coefficient (Wildman–Crippen LogP) is 4.63. The van der Waals surface area contributed by atoms with Crippen molar-refractivity contribution in [3.63, 3.8) is 0 Å². The average Bonchev–Trinajstić information content (AvgIpc) is 3.20. The molecule has 0 aliphatic heterocycles. The Morgan fingerprint density at radius 3 is 2.28 bits per heavy atom. The monoisotopic (exact) mass is 380 g/mol. The van der Waals surface area contributed by atoms with Crippen LogP contribution in [-0.4, -0.2) is 14.6 Å². The van der Waals surface area contributed by atoms with Crippen molar-refractivity contribution >= 4 is 17.2 Å². The van der Waals surface area contributed by atoms with E-state index in [4.69, 9.17) is 15.3 Å². The summed E-state index contributed by atoms with van der Waals surface area (Å²) in [5, 5.41) is 25.6. The van der Waals surface area contributed by atoms with Gasteiger partial charge in [0.15, 0.2) is 5.65 Å². The summed E-state index contributed by atoms with van der Waals surface area (Å²) < 4.78 is 7.81. The van der Waals surface area contributed by atoms with Gasteiger partial charge in [0.05, 0.1) is 29.5 Å². The molecule has 4 rings (SSSR count). The second-order valence-corrected chi connectivity index (χ2v) is 6.55. The van der Waals surface area contributed by atoms with E-state index in [1.807, 2.05) is 26.0 Å². The van der Waals surface area contributed by atoms with Crippen LogP contribution >= 0.6 is 0 Å². The van der Waals surface area contributed by atoms with Crippen LogP contribution in [-0.2, 0) is 0 Å². The van der Waals surface area contributed by atoms with Gasteiger partial charge in [-0.1, -0.05) is 0 Å². The maximum Gasteiger partial charge on any atom is 0.226 e. The van der Waals surface area contributed by atoms with Crippen molar-refractivity contribution in [1.29, 1.82) is 10.5 Å². The topological polar surface area (TPSA) is 99.0 Å². The van der Waals surface area contributed by atoms with Crippen molar-refractivity contribution in [1.82, 2.24) is 14.6 Å². The lowest BCUT2D eigenvalue weighted by atomic mass is 10.1. The van der Waals surface area contributed by atoms with E-state index < -0.39 is 0 Å². The zero-order valence-corrected chi connectivity index (χ0v) is 15.8. The van der Waals surface area contributed by atoms with Crippen molar-refractivity contribution in [2.24, 2.45) is 0 Å². The van der Waals surface area contributed by atoms with E-state index >= 15 is 0 Å². The summed E-state index contributed by atoms with van der Waals surface area (Å²) in [7, 11) is 0. The summed E-state index contributed by atoms with van der Waals surface area (Å²) in [5.74, 6) is 1.75. The molecule has 7 nitrogen and oxygen atoms in total. The van der Waals surface area contributed by atoms with Crippen molar-refractivity contribution in [2.45, 2.75) is 13.8 Å². The Kier molecular flexibility index (Phi) is 4.56. The molecular weight excluding hydrogens is 364 g/mol. The fourth-order valence-electron chi connectivity index (χ4n) is 3.08. The molecule has 2 aromatic carbocycles. The highest BCUT2D eigenvalue weighted by Gasteiger charge is 2.13. The van der Waals surface area contributed by atoms with Crippen LogP contribution in [0.4, 0.5) is 11.5 Å². The molecule has 0 atom stereocenters. The fourth-order valence-corrected chi connectivity index (χ4v) is 3.08. The highest BCUT2D eigenvalue weighted by atomic mass is 16.5. The zero-order chi connectivity index (χ0) is 20.4. The van der Waals surface area contributed by atoms with Gasteiger partial charge in [-0.3, -0.25) is 0 Å². The molecule has 1 N–H and O–H groups in total. The molecule has 0 saturated carbocycles. The van der Waals surface area contributed by atoms with Crippen LogP contribution in [0.15, 0.2) is 54.7 Å². The van der Waals surface area contributed by atoms with Crippen LogP contribution in [0.25, 0.3) is 5.65 Å². The van der Waals surface area contributed by atoms with Gasteiger partial charge >= 0.3 is 0 Å². The van der Waals surface area contributed by atoms with Crippen LogP contribution in [0.5, 0.6) is 11.6 Å². The molecule has 0 amide bonds. The van der Waals surface area contributed by atoms with Gasteiger partial charge in [-0.05, 0) is 61.4 Å². The predicted molar refractivity (Wildman–Crippen MR) is 108 cm³/mol. The number of aromatic nitrogens is 3. The Bertz CT molecular complexity index is 1270. The molecule has 0 radical (unpaired) electrons. The lowest BCUT2D eigenvalue weighted by Gasteiger charge is -2.14. The first-order valence-corrected chi connectivity index (χ1v) is 8.88. The maximum absolute atomic E-state index is 9.15. The molecule has 29 heavy (non-hydrogen) atoms. The van der Waals surface area contributed by atoms with Crippen molar-refractivity contribution < 1.29 is 4.74 Å². The van der Waals surface area contributed by atoms with Crippen LogP contribution in [0.1, 0.15) is 22.3 Å². The SMILES string of the molecule is Cc1cc(C#N)cc(C)c1Oc1cc(Nc2ccc(C#N)cc2)nc2ccnn12. The fraction of sp³-hybridized carbons (Fsp3) is 0.0909. The molecular formula is C22H16N6O. The number of anilines is 2. The van der Waals surface area contributed by atoms with Gasteiger partial charge < -0.3 is 10.1 Å². The Hall–Kier alpha value is -4.36. The summed E-state index contributed by atoms with van der Waals surface area (Å²) in [6.07, 6.45) is 1.65. The molecule has 140 valence electrons. The quantitative estimate of drug-likeness (QED) is 0.554. The van der Waals surface area contributed by atoms with Gasteiger partial charge in [0.2, 0.25) is 5.88 Å². The number of nitrogens with one attached hydrogen (secondary N) is 1. The number of fused-ring (bicyclic) bond motifs is 1. The summed E-state index contributed by atoms with van der Waals surface area (Å²) in [6.45, 7) is 3.81. The molecule has 2 heterocycles. The first kappa shape index (κ1) is 18.0. The summed E-state index contributed by atoms with van der Waals surface area (Å²) in [6, 6.07) is 18.5. The van der Waals surface area contributed by atoms with Crippen LogP contribution in [0, 0.1) is 36.5 Å². The molecule has 4 aromatic rings.